The highest BCUT2D eigenvalue weighted by Gasteiger charge is 2.54. The van der Waals surface area contributed by atoms with E-state index in [1.165, 1.54) is 0 Å². The Hall–Kier alpha value is -1.14. The van der Waals surface area contributed by atoms with Crippen molar-refractivity contribution in [2.75, 3.05) is 39.3 Å². The molecular formula is C21H38N4O2. The second-order valence-electron chi connectivity index (χ2n) is 10.2. The van der Waals surface area contributed by atoms with Gasteiger partial charge in [-0.25, -0.2) is 0 Å². The van der Waals surface area contributed by atoms with E-state index in [2.05, 4.69) is 47.7 Å². The highest BCUT2D eigenvalue weighted by molar-refractivity contribution is 5.77. The van der Waals surface area contributed by atoms with Crippen molar-refractivity contribution in [1.82, 2.24) is 20.0 Å². The summed E-state index contributed by atoms with van der Waals surface area (Å²) < 4.78 is 0. The third-order valence-electron chi connectivity index (χ3n) is 6.74. The zero-order valence-corrected chi connectivity index (χ0v) is 17.9. The van der Waals surface area contributed by atoms with Crippen LogP contribution in [0, 0.1) is 5.41 Å². The molecule has 2 amide bonds. The fourth-order valence-corrected chi connectivity index (χ4v) is 4.82. The smallest absolute Gasteiger partial charge is 0.222 e. The standard InChI is InChI=1S/C21H38N4O2/c1-16(23-10-8-18(9-11-23)22-17(2)26)6-7-19(27)24-12-21(13-24)14-25(15-21)20(3,4)5/h16,18H,6-15H2,1-5H3,(H,22,26). The van der Waals surface area contributed by atoms with E-state index in [9.17, 15) is 9.59 Å². The number of carbonyl (C=O) groups excluding carboxylic acids is 2. The Morgan fingerprint density at radius 1 is 1.11 bits per heavy atom. The molecule has 3 fully saturated rings. The van der Waals surface area contributed by atoms with Crippen LogP contribution in [-0.2, 0) is 9.59 Å². The lowest BCUT2D eigenvalue weighted by atomic mass is 9.71. The van der Waals surface area contributed by atoms with Gasteiger partial charge < -0.3 is 15.1 Å². The van der Waals surface area contributed by atoms with E-state index in [4.69, 9.17) is 0 Å². The first-order chi connectivity index (χ1) is 12.6. The molecule has 3 saturated heterocycles. The molecule has 0 radical (unpaired) electrons. The fourth-order valence-electron chi connectivity index (χ4n) is 4.82. The molecule has 1 unspecified atom stereocenters. The monoisotopic (exact) mass is 378 g/mol. The van der Waals surface area contributed by atoms with Gasteiger partial charge in [-0.2, -0.15) is 0 Å². The van der Waals surface area contributed by atoms with E-state index in [0.717, 1.165) is 58.5 Å². The molecule has 0 bridgehead atoms. The van der Waals surface area contributed by atoms with Crippen molar-refractivity contribution >= 4 is 11.8 Å². The van der Waals surface area contributed by atoms with Gasteiger partial charge in [0.15, 0.2) is 0 Å². The van der Waals surface area contributed by atoms with Crippen LogP contribution in [0.2, 0.25) is 0 Å². The minimum atomic E-state index is 0.0662. The third-order valence-corrected chi connectivity index (χ3v) is 6.74. The van der Waals surface area contributed by atoms with Crippen LogP contribution in [-0.4, -0.2) is 83.4 Å². The highest BCUT2D eigenvalue weighted by Crippen LogP contribution is 2.42. The Bertz CT molecular complexity index is 549. The van der Waals surface area contributed by atoms with Gasteiger partial charge in [0.1, 0.15) is 0 Å². The van der Waals surface area contributed by atoms with Crippen molar-refractivity contribution in [2.45, 2.75) is 77.9 Å². The molecule has 3 aliphatic rings. The van der Waals surface area contributed by atoms with Crippen molar-refractivity contribution in [3.63, 3.8) is 0 Å². The minimum Gasteiger partial charge on any atom is -0.354 e. The molecule has 6 heteroatoms. The van der Waals surface area contributed by atoms with Gasteiger partial charge in [-0.05, 0) is 47.0 Å². The lowest BCUT2D eigenvalue weighted by Crippen LogP contribution is -2.75. The molecule has 27 heavy (non-hydrogen) atoms. The van der Waals surface area contributed by atoms with Crippen LogP contribution in [0.15, 0.2) is 0 Å². The topological polar surface area (TPSA) is 55.9 Å². The van der Waals surface area contributed by atoms with E-state index >= 15 is 0 Å². The summed E-state index contributed by atoms with van der Waals surface area (Å²) in [6.07, 6.45) is 3.61. The molecule has 1 atom stereocenters. The molecule has 3 aliphatic heterocycles. The van der Waals surface area contributed by atoms with E-state index in [-0.39, 0.29) is 11.4 Å². The first-order valence-corrected chi connectivity index (χ1v) is 10.6. The predicted octanol–water partition coefficient (Wildman–Crippen LogP) is 1.70. The lowest BCUT2D eigenvalue weighted by Gasteiger charge is -2.63. The summed E-state index contributed by atoms with van der Waals surface area (Å²) >= 11 is 0. The average Bonchev–Trinajstić information content (AvgIpc) is 2.48. The number of amides is 2. The molecule has 0 aromatic heterocycles. The van der Waals surface area contributed by atoms with Gasteiger partial charge in [-0.3, -0.25) is 14.5 Å². The highest BCUT2D eigenvalue weighted by atomic mass is 16.2. The Balaban J connectivity index is 1.32. The summed E-state index contributed by atoms with van der Waals surface area (Å²) in [5, 5.41) is 3.02. The Morgan fingerprint density at radius 2 is 1.70 bits per heavy atom. The summed E-state index contributed by atoms with van der Waals surface area (Å²) in [5.74, 6) is 0.395. The lowest BCUT2D eigenvalue weighted by molar-refractivity contribution is -0.168. The van der Waals surface area contributed by atoms with Gasteiger partial charge in [-0.15, -0.1) is 0 Å². The van der Waals surface area contributed by atoms with Gasteiger partial charge in [0, 0.05) is 75.7 Å². The first kappa shape index (κ1) is 20.6. The van der Waals surface area contributed by atoms with Gasteiger partial charge in [0.25, 0.3) is 0 Å². The van der Waals surface area contributed by atoms with Crippen molar-refractivity contribution < 1.29 is 9.59 Å². The molecule has 3 heterocycles. The summed E-state index contributed by atoms with van der Waals surface area (Å²) in [5.41, 5.74) is 0.638. The van der Waals surface area contributed by atoms with Crippen LogP contribution in [0.3, 0.4) is 0 Å². The van der Waals surface area contributed by atoms with Crippen LogP contribution in [0.5, 0.6) is 0 Å². The van der Waals surface area contributed by atoms with Gasteiger partial charge in [0.05, 0.1) is 0 Å². The predicted molar refractivity (Wildman–Crippen MR) is 107 cm³/mol. The zero-order valence-electron chi connectivity index (χ0n) is 17.9. The number of hydrogen-bond acceptors (Lipinski definition) is 4. The van der Waals surface area contributed by atoms with Gasteiger partial charge >= 0.3 is 0 Å². The van der Waals surface area contributed by atoms with Crippen LogP contribution in [0.25, 0.3) is 0 Å². The maximum atomic E-state index is 12.5. The molecule has 1 N–H and O–H groups in total. The summed E-state index contributed by atoms with van der Waals surface area (Å²) in [6, 6.07) is 0.752. The maximum absolute atomic E-state index is 12.5. The third kappa shape index (κ3) is 4.83. The Labute approximate surface area is 164 Å². The van der Waals surface area contributed by atoms with Crippen LogP contribution >= 0.6 is 0 Å². The van der Waals surface area contributed by atoms with Crippen LogP contribution in [0.1, 0.15) is 60.3 Å². The number of carbonyl (C=O) groups is 2. The normalized spacial score (nSPS) is 25.0. The molecule has 1 spiro atoms. The Morgan fingerprint density at radius 3 is 2.22 bits per heavy atom. The Kier molecular flexibility index (Phi) is 5.88. The summed E-state index contributed by atoms with van der Waals surface area (Å²) in [4.78, 5) is 30.8. The summed E-state index contributed by atoms with van der Waals surface area (Å²) in [7, 11) is 0. The van der Waals surface area contributed by atoms with Crippen molar-refractivity contribution in [3.8, 4) is 0 Å². The number of nitrogens with one attached hydrogen (secondary N) is 1. The van der Waals surface area contributed by atoms with Gasteiger partial charge in [0.2, 0.25) is 11.8 Å². The zero-order chi connectivity index (χ0) is 19.8. The molecule has 154 valence electrons. The number of piperidine rings is 1. The molecule has 0 aromatic carbocycles. The van der Waals surface area contributed by atoms with E-state index < -0.39 is 0 Å². The second kappa shape index (κ2) is 7.70. The molecule has 6 nitrogen and oxygen atoms in total. The molecule has 0 aromatic rings. The molecule has 0 saturated carbocycles. The fraction of sp³-hybridized carbons (Fsp3) is 0.905. The first-order valence-electron chi connectivity index (χ1n) is 10.6. The van der Waals surface area contributed by atoms with E-state index in [1.54, 1.807) is 6.92 Å². The number of hydrogen-bond donors (Lipinski definition) is 1. The van der Waals surface area contributed by atoms with E-state index in [0.29, 0.717) is 29.8 Å². The molecular weight excluding hydrogens is 340 g/mol. The number of rotatable bonds is 5. The van der Waals surface area contributed by atoms with Crippen LogP contribution < -0.4 is 5.32 Å². The second-order valence-corrected chi connectivity index (χ2v) is 10.2. The largest absolute Gasteiger partial charge is 0.354 e. The quantitative estimate of drug-likeness (QED) is 0.791. The van der Waals surface area contributed by atoms with Crippen molar-refractivity contribution in [2.24, 2.45) is 5.41 Å². The van der Waals surface area contributed by atoms with Crippen molar-refractivity contribution in [1.29, 1.82) is 0 Å². The van der Waals surface area contributed by atoms with Gasteiger partial charge in [-0.1, -0.05) is 0 Å². The number of likely N-dealkylation sites (tertiary alicyclic amines) is 3. The van der Waals surface area contributed by atoms with E-state index in [1.807, 2.05) is 0 Å². The number of nitrogens with zero attached hydrogens (tertiary/aromatic N) is 3. The summed E-state index contributed by atoms with van der Waals surface area (Å²) in [6.45, 7) is 16.8. The van der Waals surface area contributed by atoms with Crippen molar-refractivity contribution in [3.05, 3.63) is 0 Å². The van der Waals surface area contributed by atoms with Crippen LogP contribution in [0.4, 0.5) is 0 Å². The minimum absolute atomic E-state index is 0.0662. The molecule has 3 rings (SSSR count). The average molecular weight is 379 g/mol. The molecule has 0 aliphatic carbocycles. The maximum Gasteiger partial charge on any atom is 0.222 e. The SMILES string of the molecule is CC(=O)NC1CCN(C(C)CCC(=O)N2CC3(C2)CN(C(C)(C)C)C3)CC1.